The van der Waals surface area contributed by atoms with E-state index < -0.39 is 23.2 Å². The minimum absolute atomic E-state index is 0.0693. The normalized spacial score (nSPS) is 23.1. The van der Waals surface area contributed by atoms with Crippen LogP contribution in [-0.2, 0) is 6.18 Å². The minimum Gasteiger partial charge on any atom is -0.370 e. The summed E-state index contributed by atoms with van der Waals surface area (Å²) in [5.41, 5.74) is 9.74. The van der Waals surface area contributed by atoms with Crippen molar-refractivity contribution >= 4 is 11.6 Å². The summed E-state index contributed by atoms with van der Waals surface area (Å²) in [5, 5.41) is 0. The number of carbonyl (C=O) groups is 1. The zero-order valence-electron chi connectivity index (χ0n) is 10.9. The lowest BCUT2D eigenvalue weighted by atomic mass is 10.0. The number of alkyl halides is 3. The Labute approximate surface area is 114 Å². The van der Waals surface area contributed by atoms with Crippen LogP contribution in [0.5, 0.6) is 0 Å². The second-order valence-electron chi connectivity index (χ2n) is 5.14. The van der Waals surface area contributed by atoms with Crippen LogP contribution in [0.1, 0.15) is 22.8 Å². The van der Waals surface area contributed by atoms with Gasteiger partial charge in [0.25, 0.3) is 0 Å². The van der Waals surface area contributed by atoms with Gasteiger partial charge in [0.05, 0.1) is 11.1 Å². The molecule has 20 heavy (non-hydrogen) atoms. The number of anilines is 1. The van der Waals surface area contributed by atoms with Gasteiger partial charge in [0, 0.05) is 24.8 Å². The molecule has 1 saturated heterocycles. The Morgan fingerprint density at radius 3 is 2.45 bits per heavy atom. The van der Waals surface area contributed by atoms with Crippen molar-refractivity contribution in [2.75, 3.05) is 18.0 Å². The summed E-state index contributed by atoms with van der Waals surface area (Å²) in [7, 11) is 0. The van der Waals surface area contributed by atoms with Gasteiger partial charge >= 0.3 is 6.18 Å². The molecule has 2 rings (SSSR count). The minimum atomic E-state index is -4.62. The molecule has 1 fully saturated rings. The Balaban J connectivity index is 2.40. The number of benzene rings is 1. The van der Waals surface area contributed by atoms with E-state index in [0.717, 1.165) is 12.1 Å². The molecular formula is C13H16F3N3O. The van der Waals surface area contributed by atoms with E-state index in [9.17, 15) is 18.0 Å². The summed E-state index contributed by atoms with van der Waals surface area (Å²) >= 11 is 0. The number of nitrogens with zero attached hydrogens (tertiary/aromatic N) is 1. The van der Waals surface area contributed by atoms with E-state index in [1.165, 1.54) is 6.07 Å². The highest BCUT2D eigenvalue weighted by Gasteiger charge is 2.36. The van der Waals surface area contributed by atoms with Crippen molar-refractivity contribution in [2.45, 2.75) is 19.1 Å². The number of nitrogens with two attached hydrogens (primary N) is 2. The Bertz CT molecular complexity index is 520. The zero-order valence-corrected chi connectivity index (χ0v) is 10.9. The number of halogens is 3. The predicted octanol–water partition coefficient (Wildman–Crippen LogP) is 1.59. The lowest BCUT2D eigenvalue weighted by molar-refractivity contribution is -0.137. The molecule has 1 amide bonds. The maximum atomic E-state index is 13.0. The SMILES string of the molecule is CC1CN(c2ccc(C(N)=O)c(C(F)(F)F)c2)CC1N. The Morgan fingerprint density at radius 1 is 1.35 bits per heavy atom. The van der Waals surface area contributed by atoms with Crippen molar-refractivity contribution in [3.63, 3.8) is 0 Å². The Morgan fingerprint density at radius 2 is 2.00 bits per heavy atom. The molecule has 2 unspecified atom stereocenters. The molecule has 1 aromatic carbocycles. The summed E-state index contributed by atoms with van der Waals surface area (Å²) in [5.74, 6) is -0.879. The van der Waals surface area contributed by atoms with Crippen molar-refractivity contribution < 1.29 is 18.0 Å². The Kier molecular flexibility index (Phi) is 3.64. The van der Waals surface area contributed by atoms with Gasteiger partial charge in [-0.3, -0.25) is 4.79 Å². The van der Waals surface area contributed by atoms with Gasteiger partial charge < -0.3 is 16.4 Å². The maximum absolute atomic E-state index is 13.0. The van der Waals surface area contributed by atoms with E-state index in [-0.39, 0.29) is 12.0 Å². The van der Waals surface area contributed by atoms with Gasteiger partial charge in [0.15, 0.2) is 0 Å². The average Bonchev–Trinajstić information content (AvgIpc) is 2.67. The molecule has 0 aliphatic carbocycles. The van der Waals surface area contributed by atoms with Crippen LogP contribution in [0.2, 0.25) is 0 Å². The zero-order chi connectivity index (χ0) is 15.1. The van der Waals surface area contributed by atoms with Crippen LogP contribution in [0.4, 0.5) is 18.9 Å². The van der Waals surface area contributed by atoms with Crippen LogP contribution in [-0.4, -0.2) is 25.0 Å². The number of primary amides is 1. The topological polar surface area (TPSA) is 72.3 Å². The summed E-state index contributed by atoms with van der Waals surface area (Å²) in [6, 6.07) is 3.49. The average molecular weight is 287 g/mol. The molecule has 0 aromatic heterocycles. The third-order valence-corrected chi connectivity index (χ3v) is 3.61. The number of hydrogen-bond donors (Lipinski definition) is 2. The van der Waals surface area contributed by atoms with Crippen molar-refractivity contribution in [2.24, 2.45) is 17.4 Å². The molecule has 0 saturated carbocycles. The van der Waals surface area contributed by atoms with Gasteiger partial charge in [-0.2, -0.15) is 13.2 Å². The van der Waals surface area contributed by atoms with Gasteiger partial charge in [-0.25, -0.2) is 0 Å². The third-order valence-electron chi connectivity index (χ3n) is 3.61. The van der Waals surface area contributed by atoms with Crippen molar-refractivity contribution in [3.8, 4) is 0 Å². The van der Waals surface area contributed by atoms with Crippen molar-refractivity contribution in [3.05, 3.63) is 29.3 Å². The highest BCUT2D eigenvalue weighted by atomic mass is 19.4. The van der Waals surface area contributed by atoms with Crippen molar-refractivity contribution in [1.29, 1.82) is 0 Å². The first kappa shape index (κ1) is 14.6. The van der Waals surface area contributed by atoms with Crippen LogP contribution in [0.15, 0.2) is 18.2 Å². The van der Waals surface area contributed by atoms with E-state index in [2.05, 4.69) is 0 Å². The molecule has 1 aliphatic rings. The first-order valence-electron chi connectivity index (χ1n) is 6.21. The summed E-state index contributed by atoms with van der Waals surface area (Å²) in [6.45, 7) is 3.04. The first-order chi connectivity index (χ1) is 9.20. The van der Waals surface area contributed by atoms with E-state index in [1.54, 1.807) is 4.90 Å². The van der Waals surface area contributed by atoms with Crippen LogP contribution >= 0.6 is 0 Å². The monoisotopic (exact) mass is 287 g/mol. The molecule has 0 spiro atoms. The third kappa shape index (κ3) is 2.72. The van der Waals surface area contributed by atoms with Gasteiger partial charge in [0.2, 0.25) is 5.91 Å². The van der Waals surface area contributed by atoms with Gasteiger partial charge in [-0.15, -0.1) is 0 Å². The number of hydrogen-bond acceptors (Lipinski definition) is 3. The molecule has 4 nitrogen and oxygen atoms in total. The molecular weight excluding hydrogens is 271 g/mol. The van der Waals surface area contributed by atoms with E-state index >= 15 is 0 Å². The first-order valence-corrected chi connectivity index (χ1v) is 6.21. The highest BCUT2D eigenvalue weighted by molar-refractivity contribution is 5.95. The molecule has 1 heterocycles. The highest BCUT2D eigenvalue weighted by Crippen LogP contribution is 2.35. The number of carbonyl (C=O) groups excluding carboxylic acids is 1. The van der Waals surface area contributed by atoms with Crippen LogP contribution in [0.25, 0.3) is 0 Å². The lowest BCUT2D eigenvalue weighted by Gasteiger charge is -2.21. The standard InChI is InChI=1S/C13H16F3N3O/c1-7-5-19(6-11(7)17)8-2-3-9(12(18)20)10(4-8)13(14,15)16/h2-4,7,11H,5-6,17H2,1H3,(H2,18,20). The molecule has 7 heteroatoms. The fourth-order valence-corrected chi connectivity index (χ4v) is 2.38. The quantitative estimate of drug-likeness (QED) is 0.867. The summed E-state index contributed by atoms with van der Waals surface area (Å²) in [4.78, 5) is 12.9. The maximum Gasteiger partial charge on any atom is 0.417 e. The summed E-state index contributed by atoms with van der Waals surface area (Å²) < 4.78 is 38.9. The molecule has 110 valence electrons. The van der Waals surface area contributed by atoms with Gasteiger partial charge in [-0.1, -0.05) is 6.92 Å². The van der Waals surface area contributed by atoms with Gasteiger partial charge in [-0.05, 0) is 24.1 Å². The fourth-order valence-electron chi connectivity index (χ4n) is 2.38. The predicted molar refractivity (Wildman–Crippen MR) is 69.3 cm³/mol. The molecule has 0 bridgehead atoms. The van der Waals surface area contributed by atoms with Crippen LogP contribution in [0, 0.1) is 5.92 Å². The number of rotatable bonds is 2. The van der Waals surface area contributed by atoms with Crippen molar-refractivity contribution in [1.82, 2.24) is 0 Å². The second kappa shape index (κ2) is 4.97. The smallest absolute Gasteiger partial charge is 0.370 e. The molecule has 0 radical (unpaired) electrons. The number of amides is 1. The van der Waals surface area contributed by atoms with Crippen LogP contribution < -0.4 is 16.4 Å². The largest absolute Gasteiger partial charge is 0.417 e. The lowest BCUT2D eigenvalue weighted by Crippen LogP contribution is -2.28. The van der Waals surface area contributed by atoms with Gasteiger partial charge in [0.1, 0.15) is 0 Å². The van der Waals surface area contributed by atoms with E-state index in [1.807, 2.05) is 6.92 Å². The molecule has 4 N–H and O–H groups in total. The summed E-state index contributed by atoms with van der Waals surface area (Å²) in [6.07, 6.45) is -4.62. The Hall–Kier alpha value is -1.76. The molecule has 1 aliphatic heterocycles. The van der Waals surface area contributed by atoms with Crippen LogP contribution in [0.3, 0.4) is 0 Å². The second-order valence-corrected chi connectivity index (χ2v) is 5.14. The molecule has 1 aromatic rings. The molecule has 2 atom stereocenters. The van der Waals surface area contributed by atoms with E-state index in [0.29, 0.717) is 18.8 Å². The van der Waals surface area contributed by atoms with E-state index in [4.69, 9.17) is 11.5 Å². The fraction of sp³-hybridized carbons (Fsp3) is 0.462.